The summed E-state index contributed by atoms with van der Waals surface area (Å²) >= 11 is 0. The van der Waals surface area contributed by atoms with E-state index < -0.39 is 35.5 Å². The molecule has 3 N–H and O–H groups in total. The monoisotopic (exact) mass is 654 g/mol. The number of rotatable bonds is 11. The summed E-state index contributed by atoms with van der Waals surface area (Å²) in [6.07, 6.45) is -0.754. The average Bonchev–Trinajstić information content (AvgIpc) is 3.08. The molecule has 3 amide bonds. The second-order valence-corrected chi connectivity index (χ2v) is 10.8. The normalized spacial score (nSPS) is 11.8. The van der Waals surface area contributed by atoms with E-state index in [9.17, 15) is 32.3 Å². The summed E-state index contributed by atoms with van der Waals surface area (Å²) in [6, 6.07) is 19.3. The molecule has 48 heavy (non-hydrogen) atoms. The molecule has 3 heterocycles. The molecule has 0 aliphatic heterocycles. The van der Waals surface area contributed by atoms with Crippen LogP contribution in [0.5, 0.6) is 0 Å². The highest BCUT2D eigenvalue weighted by molar-refractivity contribution is 6.08. The third-order valence-electron chi connectivity index (χ3n) is 7.26. The van der Waals surface area contributed by atoms with Gasteiger partial charge in [-0.15, -0.1) is 0 Å². The Morgan fingerprint density at radius 2 is 1.60 bits per heavy atom. The summed E-state index contributed by atoms with van der Waals surface area (Å²) < 4.78 is 39.1. The molecule has 0 bridgehead atoms. The third-order valence-corrected chi connectivity index (χ3v) is 7.26. The first kappa shape index (κ1) is 33.4. The summed E-state index contributed by atoms with van der Waals surface area (Å²) in [5.41, 5.74) is 0.913. The van der Waals surface area contributed by atoms with Gasteiger partial charge < -0.3 is 20.7 Å². The van der Waals surface area contributed by atoms with Gasteiger partial charge in [0.25, 0.3) is 11.8 Å². The number of amides is 3. The highest BCUT2D eigenvalue weighted by Gasteiger charge is 2.30. The van der Waals surface area contributed by atoms with Crippen molar-refractivity contribution in [2.75, 3.05) is 11.9 Å². The summed E-state index contributed by atoms with van der Waals surface area (Å²) in [7, 11) is 0. The van der Waals surface area contributed by atoms with Crippen molar-refractivity contribution in [2.24, 2.45) is 0 Å². The van der Waals surface area contributed by atoms with Crippen molar-refractivity contribution >= 4 is 40.2 Å². The van der Waals surface area contributed by atoms with Gasteiger partial charge in [-0.3, -0.25) is 24.4 Å². The van der Waals surface area contributed by atoms with Crippen LogP contribution in [0.1, 0.15) is 57.8 Å². The molecular weight excluding hydrogens is 625 g/mol. The Hall–Kier alpha value is -5.98. The summed E-state index contributed by atoms with van der Waals surface area (Å²) in [4.78, 5) is 63.6. The SMILES string of the molecule is CC(=O)CCCNC(=O)[C@@H](NC(=O)c1ccc2nc(NC(=O)c3cccnc3-c3ccc(C(F)(F)F)cc3)ccc2c1)c1ccccn1. The van der Waals surface area contributed by atoms with Crippen LogP contribution in [0.4, 0.5) is 19.0 Å². The topological polar surface area (TPSA) is 143 Å². The van der Waals surface area contributed by atoms with Gasteiger partial charge in [0.15, 0.2) is 6.04 Å². The highest BCUT2D eigenvalue weighted by atomic mass is 19.4. The zero-order valence-corrected chi connectivity index (χ0v) is 25.5. The van der Waals surface area contributed by atoms with Crippen LogP contribution in [-0.2, 0) is 15.8 Å². The maximum absolute atomic E-state index is 13.3. The molecule has 2 aromatic carbocycles. The van der Waals surface area contributed by atoms with Crippen molar-refractivity contribution in [1.82, 2.24) is 25.6 Å². The van der Waals surface area contributed by atoms with Gasteiger partial charge in [0, 0.05) is 41.9 Å². The highest BCUT2D eigenvalue weighted by Crippen LogP contribution is 2.31. The molecule has 5 aromatic rings. The molecule has 0 radical (unpaired) electrons. The molecule has 244 valence electrons. The van der Waals surface area contributed by atoms with Gasteiger partial charge in [0.1, 0.15) is 11.6 Å². The van der Waals surface area contributed by atoms with E-state index >= 15 is 0 Å². The van der Waals surface area contributed by atoms with Crippen molar-refractivity contribution in [3.8, 4) is 11.3 Å². The van der Waals surface area contributed by atoms with Crippen LogP contribution in [0, 0.1) is 0 Å². The Labute approximate surface area is 272 Å². The Kier molecular flexibility index (Phi) is 10.2. The number of carbonyl (C=O) groups excluding carboxylic acids is 4. The number of halogens is 3. The number of hydrogen-bond donors (Lipinski definition) is 3. The van der Waals surface area contributed by atoms with E-state index in [0.717, 1.165) is 12.1 Å². The molecule has 0 aliphatic carbocycles. The average molecular weight is 655 g/mol. The molecule has 0 aliphatic rings. The standard InChI is InChI=1S/C35H29F3N6O4/c1-21(45)6-4-19-41-34(48)31(28-8-2-3-17-39-28)44-32(46)24-11-15-27-23(20-24)12-16-29(42-27)43-33(47)26-7-5-18-40-30(26)22-9-13-25(14-10-22)35(36,37)38/h2-3,5,7-18,20,31H,4,6,19H2,1H3,(H,41,48)(H,44,46)(H,42,43,47)/t31-/m0/s1. The summed E-state index contributed by atoms with van der Waals surface area (Å²) in [5, 5.41) is 8.75. The van der Waals surface area contributed by atoms with Crippen LogP contribution in [0.3, 0.4) is 0 Å². The van der Waals surface area contributed by atoms with Gasteiger partial charge in [-0.25, -0.2) is 4.98 Å². The van der Waals surface area contributed by atoms with Crippen LogP contribution < -0.4 is 16.0 Å². The predicted molar refractivity (Wildman–Crippen MR) is 172 cm³/mol. The summed E-state index contributed by atoms with van der Waals surface area (Å²) in [6.45, 7) is 1.73. The molecule has 5 rings (SSSR count). The van der Waals surface area contributed by atoms with Gasteiger partial charge in [0.2, 0.25) is 5.91 Å². The van der Waals surface area contributed by atoms with E-state index in [2.05, 4.69) is 30.9 Å². The minimum Gasteiger partial charge on any atom is -0.354 e. The van der Waals surface area contributed by atoms with Crippen molar-refractivity contribution in [3.05, 3.63) is 120 Å². The van der Waals surface area contributed by atoms with Crippen LogP contribution in [0.2, 0.25) is 0 Å². The fourth-order valence-corrected chi connectivity index (χ4v) is 4.84. The number of ketones is 1. The largest absolute Gasteiger partial charge is 0.416 e. The number of Topliss-reactive ketones (excluding diaryl/α,β-unsaturated/α-hetero) is 1. The lowest BCUT2D eigenvalue weighted by atomic mass is 10.0. The molecule has 10 nitrogen and oxygen atoms in total. The van der Waals surface area contributed by atoms with Gasteiger partial charge in [-0.2, -0.15) is 13.2 Å². The van der Waals surface area contributed by atoms with Crippen molar-refractivity contribution in [1.29, 1.82) is 0 Å². The minimum atomic E-state index is -4.49. The fourth-order valence-electron chi connectivity index (χ4n) is 4.84. The summed E-state index contributed by atoms with van der Waals surface area (Å²) in [5.74, 6) is -1.36. The van der Waals surface area contributed by atoms with Crippen molar-refractivity contribution in [2.45, 2.75) is 32.0 Å². The molecule has 0 spiro atoms. The van der Waals surface area contributed by atoms with Crippen LogP contribution in [0.25, 0.3) is 22.2 Å². The third kappa shape index (κ3) is 8.23. The number of aromatic nitrogens is 3. The molecule has 0 unspecified atom stereocenters. The van der Waals surface area contributed by atoms with E-state index in [4.69, 9.17) is 0 Å². The zero-order chi connectivity index (χ0) is 34.3. The number of alkyl halides is 3. The number of carbonyl (C=O) groups is 4. The molecule has 0 saturated heterocycles. The predicted octanol–water partition coefficient (Wildman–Crippen LogP) is 5.92. The van der Waals surface area contributed by atoms with E-state index in [1.54, 1.807) is 48.5 Å². The number of nitrogens with one attached hydrogen (secondary N) is 3. The Bertz CT molecular complexity index is 1970. The van der Waals surface area contributed by atoms with Crippen molar-refractivity contribution in [3.63, 3.8) is 0 Å². The molecule has 1 atom stereocenters. The Morgan fingerprint density at radius 1 is 0.833 bits per heavy atom. The lowest BCUT2D eigenvalue weighted by molar-refractivity contribution is -0.137. The molecule has 13 heteroatoms. The van der Waals surface area contributed by atoms with Gasteiger partial charge >= 0.3 is 6.18 Å². The van der Waals surface area contributed by atoms with Crippen LogP contribution in [0.15, 0.2) is 97.3 Å². The van der Waals surface area contributed by atoms with Crippen LogP contribution >= 0.6 is 0 Å². The van der Waals surface area contributed by atoms with E-state index in [1.165, 1.54) is 43.6 Å². The minimum absolute atomic E-state index is 0.0124. The number of benzene rings is 2. The van der Waals surface area contributed by atoms with Gasteiger partial charge in [-0.1, -0.05) is 18.2 Å². The smallest absolute Gasteiger partial charge is 0.354 e. The first-order valence-electron chi connectivity index (χ1n) is 14.8. The quantitative estimate of drug-likeness (QED) is 0.150. The lowest BCUT2D eigenvalue weighted by Crippen LogP contribution is -2.41. The molecule has 0 fully saturated rings. The van der Waals surface area contributed by atoms with E-state index in [0.29, 0.717) is 35.0 Å². The second-order valence-electron chi connectivity index (χ2n) is 10.8. The van der Waals surface area contributed by atoms with E-state index in [-0.39, 0.29) is 35.0 Å². The number of hydrogen-bond acceptors (Lipinski definition) is 7. The Morgan fingerprint density at radius 3 is 2.31 bits per heavy atom. The maximum atomic E-state index is 13.3. The maximum Gasteiger partial charge on any atom is 0.416 e. The van der Waals surface area contributed by atoms with Gasteiger partial charge in [0.05, 0.1) is 28.0 Å². The van der Waals surface area contributed by atoms with E-state index in [1.807, 2.05) is 0 Å². The Balaban J connectivity index is 1.30. The molecule has 3 aromatic heterocycles. The molecule has 0 saturated carbocycles. The lowest BCUT2D eigenvalue weighted by Gasteiger charge is -2.18. The first-order chi connectivity index (χ1) is 23.0. The van der Waals surface area contributed by atoms with Crippen LogP contribution in [-0.4, -0.2) is 45.0 Å². The molecular formula is C35H29F3N6O4. The first-order valence-corrected chi connectivity index (χ1v) is 14.8. The number of pyridine rings is 3. The number of fused-ring (bicyclic) bond motifs is 1. The fraction of sp³-hybridized carbons (Fsp3) is 0.171. The second kappa shape index (κ2) is 14.6. The van der Waals surface area contributed by atoms with Gasteiger partial charge in [-0.05, 0) is 80.1 Å². The number of anilines is 1. The number of nitrogens with zero attached hydrogens (tertiary/aromatic N) is 3. The zero-order valence-electron chi connectivity index (χ0n) is 25.5. The van der Waals surface area contributed by atoms with Crippen molar-refractivity contribution < 1.29 is 32.3 Å².